The van der Waals surface area contributed by atoms with Crippen molar-refractivity contribution in [1.29, 1.82) is 0 Å². The van der Waals surface area contributed by atoms with Crippen LogP contribution in [0.25, 0.3) is 11.1 Å². The first-order valence-corrected chi connectivity index (χ1v) is 11.6. The van der Waals surface area contributed by atoms with Crippen LogP contribution in [0.3, 0.4) is 0 Å². The molecule has 0 saturated carbocycles. The zero-order valence-electron chi connectivity index (χ0n) is 18.3. The molecule has 1 aliphatic rings. The molecule has 0 aliphatic carbocycles. The summed E-state index contributed by atoms with van der Waals surface area (Å²) >= 11 is 0. The van der Waals surface area contributed by atoms with Gasteiger partial charge in [-0.15, -0.1) is 0 Å². The van der Waals surface area contributed by atoms with Gasteiger partial charge in [0.25, 0.3) is 0 Å². The predicted octanol–water partition coefficient (Wildman–Crippen LogP) is 7.96. The molecule has 2 aromatic rings. The average molecular weight is 435 g/mol. The molecule has 1 saturated heterocycles. The molecule has 0 radical (unpaired) electrons. The smallest absolute Gasteiger partial charge is 0.194 e. The lowest BCUT2D eigenvalue weighted by molar-refractivity contribution is -0.206. The number of rotatable bonds is 11. The quantitative estimate of drug-likeness (QED) is 0.264. The maximum atomic E-state index is 13.5. The van der Waals surface area contributed by atoms with E-state index in [-0.39, 0.29) is 0 Å². The first-order chi connectivity index (χ1) is 15.1. The lowest BCUT2D eigenvalue weighted by Gasteiger charge is -2.29. The van der Waals surface area contributed by atoms with Gasteiger partial charge in [-0.05, 0) is 29.7 Å². The van der Waals surface area contributed by atoms with E-state index in [9.17, 15) is 13.2 Å². The van der Waals surface area contributed by atoms with E-state index >= 15 is 0 Å². The van der Waals surface area contributed by atoms with Crippen LogP contribution >= 0.6 is 0 Å². The highest BCUT2D eigenvalue weighted by Gasteiger charge is 2.23. The van der Waals surface area contributed by atoms with Gasteiger partial charge in [0, 0.05) is 11.5 Å². The summed E-state index contributed by atoms with van der Waals surface area (Å²) < 4.78 is 51.9. The molecule has 0 atom stereocenters. The van der Waals surface area contributed by atoms with Crippen LogP contribution in [0.2, 0.25) is 0 Å². The SMILES string of the molecule is CCCCCCCCCCC1COC(c2ccc(-c3cc(F)c(F)c(F)c3)cc2)OC1. The van der Waals surface area contributed by atoms with Gasteiger partial charge in [-0.3, -0.25) is 0 Å². The van der Waals surface area contributed by atoms with E-state index in [1.54, 1.807) is 12.1 Å². The lowest BCUT2D eigenvalue weighted by atomic mass is 10.00. The third-order valence-corrected chi connectivity index (χ3v) is 5.93. The summed E-state index contributed by atoms with van der Waals surface area (Å²) in [5.41, 5.74) is 1.75. The Morgan fingerprint density at radius 3 is 1.87 bits per heavy atom. The Morgan fingerprint density at radius 2 is 1.29 bits per heavy atom. The largest absolute Gasteiger partial charge is 0.348 e. The highest BCUT2D eigenvalue weighted by Crippen LogP contribution is 2.30. The molecule has 0 amide bonds. The molecule has 1 fully saturated rings. The van der Waals surface area contributed by atoms with Crippen molar-refractivity contribution in [3.05, 3.63) is 59.4 Å². The van der Waals surface area contributed by atoms with Crippen molar-refractivity contribution in [2.75, 3.05) is 13.2 Å². The summed E-state index contributed by atoms with van der Waals surface area (Å²) in [7, 11) is 0. The standard InChI is InChI=1S/C26H33F3O2/c1-2-3-4-5-6-7-8-9-10-19-17-30-26(31-18-19)21-13-11-20(12-14-21)22-15-23(27)25(29)24(28)16-22/h11-16,19,26H,2-10,17-18H2,1H3. The average Bonchev–Trinajstić information content (AvgIpc) is 2.79. The minimum absolute atomic E-state index is 0.291. The van der Waals surface area contributed by atoms with Gasteiger partial charge in [0.05, 0.1) is 13.2 Å². The zero-order chi connectivity index (χ0) is 22.1. The van der Waals surface area contributed by atoms with Crippen molar-refractivity contribution < 1.29 is 22.6 Å². The topological polar surface area (TPSA) is 18.5 Å². The molecule has 5 heteroatoms. The Labute approximate surface area is 183 Å². The first-order valence-electron chi connectivity index (χ1n) is 11.6. The predicted molar refractivity (Wildman–Crippen MR) is 117 cm³/mol. The summed E-state index contributed by atoms with van der Waals surface area (Å²) in [5.74, 6) is -3.41. The van der Waals surface area contributed by atoms with Gasteiger partial charge in [0.15, 0.2) is 23.7 Å². The van der Waals surface area contributed by atoms with Crippen molar-refractivity contribution in [1.82, 2.24) is 0 Å². The number of ether oxygens (including phenoxy) is 2. The van der Waals surface area contributed by atoms with E-state index in [2.05, 4.69) is 6.92 Å². The van der Waals surface area contributed by atoms with Crippen molar-refractivity contribution >= 4 is 0 Å². The molecule has 0 unspecified atom stereocenters. The van der Waals surface area contributed by atoms with Crippen LogP contribution in [-0.2, 0) is 9.47 Å². The van der Waals surface area contributed by atoms with Crippen molar-refractivity contribution in [2.45, 2.75) is 71.0 Å². The van der Waals surface area contributed by atoms with Gasteiger partial charge in [-0.25, -0.2) is 13.2 Å². The molecular weight excluding hydrogens is 401 g/mol. The molecular formula is C26H33F3O2. The summed E-state index contributed by atoms with van der Waals surface area (Å²) in [4.78, 5) is 0. The van der Waals surface area contributed by atoms with E-state index in [1.165, 1.54) is 51.4 Å². The van der Waals surface area contributed by atoms with Gasteiger partial charge in [0.1, 0.15) is 0 Å². The molecule has 3 rings (SSSR count). The van der Waals surface area contributed by atoms with Crippen LogP contribution < -0.4 is 0 Å². The molecule has 0 spiro atoms. The van der Waals surface area contributed by atoms with E-state index in [4.69, 9.17) is 9.47 Å². The monoisotopic (exact) mass is 434 g/mol. The van der Waals surface area contributed by atoms with Crippen LogP contribution in [0.5, 0.6) is 0 Å². The number of unbranched alkanes of at least 4 members (excludes halogenated alkanes) is 7. The van der Waals surface area contributed by atoms with E-state index in [0.29, 0.717) is 30.3 Å². The van der Waals surface area contributed by atoms with E-state index < -0.39 is 23.7 Å². The molecule has 0 bridgehead atoms. The van der Waals surface area contributed by atoms with Crippen LogP contribution in [0.4, 0.5) is 13.2 Å². The molecule has 2 aromatic carbocycles. The summed E-state index contributed by atoms with van der Waals surface area (Å²) in [6.45, 7) is 3.60. The molecule has 170 valence electrons. The van der Waals surface area contributed by atoms with Crippen molar-refractivity contribution in [3.63, 3.8) is 0 Å². The number of hydrogen-bond acceptors (Lipinski definition) is 2. The fourth-order valence-electron chi connectivity index (χ4n) is 4.02. The lowest BCUT2D eigenvalue weighted by Crippen LogP contribution is -2.27. The minimum Gasteiger partial charge on any atom is -0.348 e. The van der Waals surface area contributed by atoms with Crippen LogP contribution in [0.15, 0.2) is 36.4 Å². The normalized spacial score (nSPS) is 19.0. The van der Waals surface area contributed by atoms with E-state index in [1.807, 2.05) is 12.1 Å². The molecule has 1 aliphatic heterocycles. The Kier molecular flexibility index (Phi) is 9.41. The van der Waals surface area contributed by atoms with Gasteiger partial charge in [-0.1, -0.05) is 82.6 Å². The highest BCUT2D eigenvalue weighted by molar-refractivity contribution is 5.64. The third-order valence-electron chi connectivity index (χ3n) is 5.93. The zero-order valence-corrected chi connectivity index (χ0v) is 18.3. The fraction of sp³-hybridized carbons (Fsp3) is 0.538. The van der Waals surface area contributed by atoms with Gasteiger partial charge in [0.2, 0.25) is 0 Å². The molecule has 0 N–H and O–H groups in total. The summed E-state index contributed by atoms with van der Waals surface area (Å²) in [6, 6.07) is 9.10. The summed E-state index contributed by atoms with van der Waals surface area (Å²) in [5, 5.41) is 0. The molecule has 1 heterocycles. The molecule has 2 nitrogen and oxygen atoms in total. The Hall–Kier alpha value is -1.85. The van der Waals surface area contributed by atoms with Crippen LogP contribution in [0.1, 0.15) is 76.6 Å². The maximum Gasteiger partial charge on any atom is 0.194 e. The second-order valence-corrected chi connectivity index (χ2v) is 8.50. The van der Waals surface area contributed by atoms with Gasteiger partial charge >= 0.3 is 0 Å². The number of halogens is 3. The number of hydrogen-bond donors (Lipinski definition) is 0. The first kappa shape index (κ1) is 23.8. The van der Waals surface area contributed by atoms with Gasteiger partial charge in [-0.2, -0.15) is 0 Å². The van der Waals surface area contributed by atoms with Crippen LogP contribution in [0, 0.1) is 23.4 Å². The second kappa shape index (κ2) is 12.3. The Balaban J connectivity index is 1.40. The second-order valence-electron chi connectivity index (χ2n) is 8.50. The fourth-order valence-corrected chi connectivity index (χ4v) is 4.02. The van der Waals surface area contributed by atoms with Gasteiger partial charge < -0.3 is 9.47 Å². The maximum absolute atomic E-state index is 13.5. The Morgan fingerprint density at radius 1 is 0.742 bits per heavy atom. The minimum atomic E-state index is -1.45. The third kappa shape index (κ3) is 7.08. The van der Waals surface area contributed by atoms with Crippen LogP contribution in [-0.4, -0.2) is 13.2 Å². The number of benzene rings is 2. The Bertz CT molecular complexity index is 776. The highest BCUT2D eigenvalue weighted by atomic mass is 19.2. The van der Waals surface area contributed by atoms with Crippen molar-refractivity contribution in [2.24, 2.45) is 5.92 Å². The van der Waals surface area contributed by atoms with Crippen molar-refractivity contribution in [3.8, 4) is 11.1 Å². The van der Waals surface area contributed by atoms with E-state index in [0.717, 1.165) is 24.1 Å². The molecule has 0 aromatic heterocycles. The summed E-state index contributed by atoms with van der Waals surface area (Å²) in [6.07, 6.45) is 11.2. The molecule has 31 heavy (non-hydrogen) atoms.